The zero-order chi connectivity index (χ0) is 19.1. The highest BCUT2D eigenvalue weighted by Gasteiger charge is 2.35. The van der Waals surface area contributed by atoms with E-state index in [4.69, 9.17) is 0 Å². The highest BCUT2D eigenvalue weighted by Crippen LogP contribution is 2.37. The van der Waals surface area contributed by atoms with Gasteiger partial charge in [0, 0.05) is 32.1 Å². The first-order chi connectivity index (χ1) is 13.0. The van der Waals surface area contributed by atoms with Crippen molar-refractivity contribution in [2.24, 2.45) is 13.0 Å². The summed E-state index contributed by atoms with van der Waals surface area (Å²) in [6, 6.07) is 0.315. The van der Waals surface area contributed by atoms with Crippen molar-refractivity contribution < 1.29 is 4.79 Å². The molecule has 27 heavy (non-hydrogen) atoms. The maximum Gasteiger partial charge on any atom is 0.345 e. The first-order valence-electron chi connectivity index (χ1n) is 10.6. The fourth-order valence-corrected chi connectivity index (χ4v) is 4.65. The Bertz CT molecular complexity index is 734. The van der Waals surface area contributed by atoms with Crippen LogP contribution in [0.5, 0.6) is 0 Å². The van der Waals surface area contributed by atoms with Crippen LogP contribution in [-0.4, -0.2) is 62.3 Å². The Morgan fingerprint density at radius 1 is 1.04 bits per heavy atom. The Labute approximate surface area is 161 Å². The van der Waals surface area contributed by atoms with Gasteiger partial charge in [-0.05, 0) is 64.5 Å². The first kappa shape index (κ1) is 18.7. The van der Waals surface area contributed by atoms with Crippen LogP contribution < -0.4 is 5.69 Å². The number of rotatable bonds is 4. The van der Waals surface area contributed by atoms with Gasteiger partial charge in [0.1, 0.15) is 5.82 Å². The van der Waals surface area contributed by atoms with Crippen LogP contribution >= 0.6 is 0 Å². The van der Waals surface area contributed by atoms with Gasteiger partial charge in [0.2, 0.25) is 5.91 Å². The fraction of sp³-hybridized carbons (Fsp3) is 0.850. The zero-order valence-corrected chi connectivity index (χ0v) is 16.9. The van der Waals surface area contributed by atoms with Crippen molar-refractivity contribution in [3.8, 4) is 0 Å². The Morgan fingerprint density at radius 2 is 1.67 bits per heavy atom. The van der Waals surface area contributed by atoms with Gasteiger partial charge in [-0.15, -0.1) is 0 Å². The van der Waals surface area contributed by atoms with Crippen molar-refractivity contribution in [1.29, 1.82) is 0 Å². The predicted octanol–water partition coefficient (Wildman–Crippen LogP) is 1.74. The monoisotopic (exact) mass is 375 g/mol. The van der Waals surface area contributed by atoms with Gasteiger partial charge in [-0.3, -0.25) is 14.3 Å². The van der Waals surface area contributed by atoms with Crippen LogP contribution in [0.15, 0.2) is 4.79 Å². The lowest BCUT2D eigenvalue weighted by Gasteiger charge is -2.38. The number of likely N-dealkylation sites (tertiary alicyclic amines) is 2. The summed E-state index contributed by atoms with van der Waals surface area (Å²) in [5, 5.41) is 4.55. The van der Waals surface area contributed by atoms with Gasteiger partial charge in [-0.1, -0.05) is 6.92 Å². The zero-order valence-electron chi connectivity index (χ0n) is 16.9. The molecular formula is C20H33N5O2. The molecule has 3 fully saturated rings. The van der Waals surface area contributed by atoms with E-state index in [1.807, 2.05) is 4.57 Å². The van der Waals surface area contributed by atoms with Crippen molar-refractivity contribution in [3.63, 3.8) is 0 Å². The second-order valence-electron chi connectivity index (χ2n) is 8.86. The number of piperidine rings is 2. The minimum Gasteiger partial charge on any atom is -0.341 e. The predicted molar refractivity (Wildman–Crippen MR) is 104 cm³/mol. The van der Waals surface area contributed by atoms with Gasteiger partial charge in [0.25, 0.3) is 0 Å². The van der Waals surface area contributed by atoms with E-state index in [1.54, 1.807) is 7.05 Å². The number of nitrogens with zero attached hydrogens (tertiary/aromatic N) is 5. The lowest BCUT2D eigenvalue weighted by Crippen LogP contribution is -2.51. The number of aryl methyl sites for hydroxylation is 1. The molecular weight excluding hydrogens is 342 g/mol. The minimum atomic E-state index is -0.0475. The lowest BCUT2D eigenvalue weighted by molar-refractivity contribution is -0.138. The van der Waals surface area contributed by atoms with E-state index >= 15 is 0 Å². The van der Waals surface area contributed by atoms with Crippen LogP contribution in [0.2, 0.25) is 0 Å². The molecule has 1 atom stereocenters. The van der Waals surface area contributed by atoms with Gasteiger partial charge in [-0.25, -0.2) is 9.48 Å². The fourth-order valence-electron chi connectivity index (χ4n) is 4.65. The first-order valence-corrected chi connectivity index (χ1v) is 10.6. The number of aromatic nitrogens is 3. The highest BCUT2D eigenvalue weighted by atomic mass is 16.2. The third-order valence-electron chi connectivity index (χ3n) is 6.79. The van der Waals surface area contributed by atoms with E-state index in [9.17, 15) is 9.59 Å². The molecule has 0 bridgehead atoms. The Kier molecular flexibility index (Phi) is 5.14. The van der Waals surface area contributed by atoms with E-state index in [2.05, 4.69) is 28.7 Å². The molecule has 1 aromatic rings. The summed E-state index contributed by atoms with van der Waals surface area (Å²) in [4.78, 5) is 29.6. The second-order valence-corrected chi connectivity index (χ2v) is 8.86. The molecule has 2 saturated heterocycles. The average molecular weight is 376 g/mol. The molecule has 0 aromatic carbocycles. The topological polar surface area (TPSA) is 63.4 Å². The van der Waals surface area contributed by atoms with Crippen LogP contribution in [0.4, 0.5) is 0 Å². The number of hydrogen-bond donors (Lipinski definition) is 0. The number of carbonyl (C=O) groups is 1. The number of hydrogen-bond acceptors (Lipinski definition) is 4. The van der Waals surface area contributed by atoms with E-state index in [1.165, 1.54) is 4.68 Å². The van der Waals surface area contributed by atoms with Gasteiger partial charge in [0.15, 0.2) is 0 Å². The Hall–Kier alpha value is -1.63. The smallest absolute Gasteiger partial charge is 0.341 e. The molecule has 0 spiro atoms. The molecule has 0 radical (unpaired) electrons. The summed E-state index contributed by atoms with van der Waals surface area (Å²) in [7, 11) is 1.75. The number of carbonyl (C=O) groups excluding carboxylic acids is 1. The molecule has 1 saturated carbocycles. The van der Waals surface area contributed by atoms with Gasteiger partial charge in [0.05, 0.1) is 6.04 Å². The maximum atomic E-state index is 12.9. The quantitative estimate of drug-likeness (QED) is 0.804. The summed E-state index contributed by atoms with van der Waals surface area (Å²) < 4.78 is 3.42. The second kappa shape index (κ2) is 7.41. The molecule has 1 aliphatic carbocycles. The number of amides is 1. The van der Waals surface area contributed by atoms with E-state index < -0.39 is 0 Å². The van der Waals surface area contributed by atoms with E-state index in [0.29, 0.717) is 12.0 Å². The standard InChI is InChI=1S/C20H33N5O2/c1-14-6-10-24(11-7-14)19(26)15(2)23-12-8-16(9-13-23)18-21-22(3)20(27)25(18)17-4-5-17/h14-17H,4-13H2,1-3H3. The maximum absolute atomic E-state index is 12.9. The van der Waals surface area contributed by atoms with Crippen LogP contribution in [-0.2, 0) is 11.8 Å². The molecule has 0 N–H and O–H groups in total. The summed E-state index contributed by atoms with van der Waals surface area (Å²) in [6.45, 7) is 7.94. The van der Waals surface area contributed by atoms with Crippen molar-refractivity contribution in [2.75, 3.05) is 26.2 Å². The summed E-state index contributed by atoms with van der Waals surface area (Å²) in [5.41, 5.74) is 0.0257. The van der Waals surface area contributed by atoms with Crippen molar-refractivity contribution in [1.82, 2.24) is 24.1 Å². The molecule has 2 aliphatic heterocycles. The van der Waals surface area contributed by atoms with Crippen LogP contribution in [0, 0.1) is 5.92 Å². The molecule has 7 heteroatoms. The largest absolute Gasteiger partial charge is 0.345 e. The molecule has 3 aliphatic rings. The van der Waals surface area contributed by atoms with E-state index in [0.717, 1.165) is 76.4 Å². The van der Waals surface area contributed by atoms with Gasteiger partial charge >= 0.3 is 5.69 Å². The molecule has 7 nitrogen and oxygen atoms in total. The SMILES string of the molecule is CC1CCN(C(=O)C(C)N2CCC(c3nn(C)c(=O)n3C3CC3)CC2)CC1. The molecule has 1 unspecified atom stereocenters. The average Bonchev–Trinajstić information content (AvgIpc) is 3.47. The molecule has 1 amide bonds. The minimum absolute atomic E-state index is 0.0257. The van der Waals surface area contributed by atoms with Crippen LogP contribution in [0.25, 0.3) is 0 Å². The van der Waals surface area contributed by atoms with Crippen molar-refractivity contribution >= 4 is 5.91 Å². The molecule has 3 heterocycles. The summed E-state index contributed by atoms with van der Waals surface area (Å²) >= 11 is 0. The lowest BCUT2D eigenvalue weighted by atomic mass is 9.94. The van der Waals surface area contributed by atoms with Gasteiger partial charge in [-0.2, -0.15) is 5.10 Å². The third kappa shape index (κ3) is 3.71. The van der Waals surface area contributed by atoms with Gasteiger partial charge < -0.3 is 4.90 Å². The van der Waals surface area contributed by atoms with Crippen molar-refractivity contribution in [2.45, 2.75) is 70.4 Å². The van der Waals surface area contributed by atoms with Crippen molar-refractivity contribution in [3.05, 3.63) is 16.3 Å². The Morgan fingerprint density at radius 3 is 2.26 bits per heavy atom. The van der Waals surface area contributed by atoms with Crippen LogP contribution in [0.1, 0.15) is 70.2 Å². The normalized spacial score (nSPS) is 24.3. The summed E-state index contributed by atoms with van der Waals surface area (Å²) in [6.07, 6.45) is 6.38. The molecule has 4 rings (SSSR count). The highest BCUT2D eigenvalue weighted by molar-refractivity contribution is 5.81. The Balaban J connectivity index is 1.37. The van der Waals surface area contributed by atoms with E-state index in [-0.39, 0.29) is 17.6 Å². The third-order valence-corrected chi connectivity index (χ3v) is 6.79. The molecule has 1 aromatic heterocycles. The van der Waals surface area contributed by atoms with Crippen LogP contribution in [0.3, 0.4) is 0 Å². The summed E-state index contributed by atoms with van der Waals surface area (Å²) in [5.74, 6) is 2.32. The molecule has 150 valence electrons.